The van der Waals surface area contributed by atoms with Gasteiger partial charge in [0.1, 0.15) is 23.0 Å². The highest BCUT2D eigenvalue weighted by atomic mass is 35.5. The van der Waals surface area contributed by atoms with Crippen LogP contribution in [0, 0.1) is 0 Å². The fourth-order valence-electron chi connectivity index (χ4n) is 1.61. The van der Waals surface area contributed by atoms with Crippen molar-refractivity contribution >= 4 is 33.1 Å². The molecule has 21 heavy (non-hydrogen) atoms. The number of sulfonamides is 1. The number of anilines is 2. The highest BCUT2D eigenvalue weighted by Gasteiger charge is 2.15. The molecule has 2 rings (SSSR count). The van der Waals surface area contributed by atoms with E-state index in [1.165, 1.54) is 38.7 Å². The van der Waals surface area contributed by atoms with Crippen LogP contribution in [0.15, 0.2) is 35.5 Å². The Labute approximate surface area is 127 Å². The molecule has 0 aliphatic rings. The van der Waals surface area contributed by atoms with Crippen molar-refractivity contribution in [2.24, 2.45) is 0 Å². The second kappa shape index (κ2) is 6.25. The molecule has 7 nitrogen and oxygen atoms in total. The second-order valence-corrected chi connectivity index (χ2v) is 6.19. The largest absolute Gasteiger partial charge is 0.495 e. The van der Waals surface area contributed by atoms with Gasteiger partial charge in [0, 0.05) is 6.07 Å². The van der Waals surface area contributed by atoms with Crippen LogP contribution in [-0.2, 0) is 10.0 Å². The molecule has 2 N–H and O–H groups in total. The SMILES string of the molecule is CNS(=O)(=O)c1ccc(OC)c(Nc2cc(Cl)ncn2)c1. The van der Waals surface area contributed by atoms with E-state index >= 15 is 0 Å². The Hall–Kier alpha value is -1.90. The molecule has 1 aromatic carbocycles. The zero-order valence-corrected chi connectivity index (χ0v) is 12.9. The van der Waals surface area contributed by atoms with Gasteiger partial charge in [0.2, 0.25) is 10.0 Å². The van der Waals surface area contributed by atoms with E-state index in [1.54, 1.807) is 6.07 Å². The summed E-state index contributed by atoms with van der Waals surface area (Å²) in [7, 11) is -0.721. The Kier molecular flexibility index (Phi) is 4.61. The van der Waals surface area contributed by atoms with E-state index in [2.05, 4.69) is 20.0 Å². The Bertz CT molecular complexity index is 752. The molecule has 0 saturated carbocycles. The minimum Gasteiger partial charge on any atom is -0.495 e. The molecule has 0 saturated heterocycles. The van der Waals surface area contributed by atoms with Crippen molar-refractivity contribution in [2.45, 2.75) is 4.90 Å². The lowest BCUT2D eigenvalue weighted by atomic mass is 10.3. The van der Waals surface area contributed by atoms with E-state index in [1.807, 2.05) is 0 Å². The third kappa shape index (κ3) is 3.60. The lowest BCUT2D eigenvalue weighted by Gasteiger charge is -2.12. The predicted molar refractivity (Wildman–Crippen MR) is 79.6 cm³/mol. The van der Waals surface area contributed by atoms with E-state index in [0.29, 0.717) is 17.3 Å². The van der Waals surface area contributed by atoms with Crippen LogP contribution < -0.4 is 14.8 Å². The summed E-state index contributed by atoms with van der Waals surface area (Å²) in [5.41, 5.74) is 0.448. The van der Waals surface area contributed by atoms with Crippen LogP contribution >= 0.6 is 11.6 Å². The van der Waals surface area contributed by atoms with E-state index in [9.17, 15) is 8.42 Å². The summed E-state index contributed by atoms with van der Waals surface area (Å²) in [6, 6.07) is 5.96. The number of hydrogen-bond acceptors (Lipinski definition) is 6. The molecule has 112 valence electrons. The van der Waals surface area contributed by atoms with Crippen LogP contribution in [0.1, 0.15) is 0 Å². The van der Waals surface area contributed by atoms with Crippen molar-refractivity contribution < 1.29 is 13.2 Å². The first-order chi connectivity index (χ1) is 9.96. The van der Waals surface area contributed by atoms with Gasteiger partial charge in [-0.25, -0.2) is 23.1 Å². The average Bonchev–Trinajstić information content (AvgIpc) is 2.47. The maximum atomic E-state index is 11.8. The standard InChI is InChI=1S/C12H13ClN4O3S/c1-14-21(18,19)8-3-4-10(20-2)9(5-8)17-12-6-11(13)15-7-16-12/h3-7,14H,1-2H3,(H,15,16,17). The minimum absolute atomic E-state index is 0.105. The molecule has 0 bridgehead atoms. The van der Waals surface area contributed by atoms with Gasteiger partial charge in [-0.1, -0.05) is 11.6 Å². The van der Waals surface area contributed by atoms with E-state index in [-0.39, 0.29) is 10.0 Å². The van der Waals surface area contributed by atoms with Crippen LogP contribution in [-0.4, -0.2) is 32.5 Å². The molecule has 9 heteroatoms. The summed E-state index contributed by atoms with van der Waals surface area (Å²) in [5.74, 6) is 0.895. The van der Waals surface area contributed by atoms with Gasteiger partial charge in [-0.3, -0.25) is 0 Å². The smallest absolute Gasteiger partial charge is 0.240 e. The lowest BCUT2D eigenvalue weighted by molar-refractivity contribution is 0.416. The van der Waals surface area contributed by atoms with Crippen molar-refractivity contribution in [3.63, 3.8) is 0 Å². The molecule has 0 aliphatic carbocycles. The van der Waals surface area contributed by atoms with Crippen LogP contribution in [0.5, 0.6) is 5.75 Å². The molecule has 0 spiro atoms. The number of benzene rings is 1. The van der Waals surface area contributed by atoms with Crippen molar-refractivity contribution in [3.05, 3.63) is 35.7 Å². The molecule has 1 heterocycles. The third-order valence-electron chi connectivity index (χ3n) is 2.65. The minimum atomic E-state index is -3.55. The quantitative estimate of drug-likeness (QED) is 0.813. The first kappa shape index (κ1) is 15.5. The van der Waals surface area contributed by atoms with Crippen LogP contribution in [0.3, 0.4) is 0 Å². The first-order valence-electron chi connectivity index (χ1n) is 5.82. The number of aromatic nitrogens is 2. The summed E-state index contributed by atoms with van der Waals surface area (Å²) < 4.78 is 31.1. The highest BCUT2D eigenvalue weighted by molar-refractivity contribution is 7.89. The average molecular weight is 329 g/mol. The van der Waals surface area contributed by atoms with Crippen molar-refractivity contribution in [3.8, 4) is 5.75 Å². The molecular formula is C12H13ClN4O3S. The summed E-state index contributed by atoms with van der Waals surface area (Å²) in [6.07, 6.45) is 1.30. The van der Waals surface area contributed by atoms with Gasteiger partial charge in [0.05, 0.1) is 17.7 Å². The van der Waals surface area contributed by atoms with Gasteiger partial charge >= 0.3 is 0 Å². The van der Waals surface area contributed by atoms with E-state index in [0.717, 1.165) is 0 Å². The van der Waals surface area contributed by atoms with Gasteiger partial charge in [0.15, 0.2) is 0 Å². The summed E-state index contributed by atoms with van der Waals surface area (Å²) >= 11 is 5.78. The number of nitrogens with one attached hydrogen (secondary N) is 2. The summed E-state index contributed by atoms with van der Waals surface area (Å²) in [4.78, 5) is 7.87. The molecule has 0 atom stereocenters. The zero-order valence-electron chi connectivity index (χ0n) is 11.3. The van der Waals surface area contributed by atoms with E-state index < -0.39 is 10.0 Å². The maximum Gasteiger partial charge on any atom is 0.240 e. The lowest BCUT2D eigenvalue weighted by Crippen LogP contribution is -2.18. The van der Waals surface area contributed by atoms with E-state index in [4.69, 9.17) is 16.3 Å². The number of rotatable bonds is 5. The molecule has 0 aliphatic heterocycles. The van der Waals surface area contributed by atoms with Crippen molar-refractivity contribution in [1.82, 2.24) is 14.7 Å². The second-order valence-electron chi connectivity index (χ2n) is 3.92. The molecule has 0 fully saturated rings. The van der Waals surface area contributed by atoms with Gasteiger partial charge < -0.3 is 10.1 Å². The Morgan fingerprint density at radius 2 is 2.00 bits per heavy atom. The van der Waals surface area contributed by atoms with Gasteiger partial charge in [0.25, 0.3) is 0 Å². The van der Waals surface area contributed by atoms with Gasteiger partial charge in [-0.2, -0.15) is 0 Å². The van der Waals surface area contributed by atoms with Crippen LogP contribution in [0.4, 0.5) is 11.5 Å². The van der Waals surface area contributed by atoms with Crippen molar-refractivity contribution in [2.75, 3.05) is 19.5 Å². The zero-order chi connectivity index (χ0) is 15.5. The molecule has 2 aromatic rings. The highest BCUT2D eigenvalue weighted by Crippen LogP contribution is 2.29. The van der Waals surface area contributed by atoms with Gasteiger partial charge in [-0.15, -0.1) is 0 Å². The number of ether oxygens (including phenoxy) is 1. The molecule has 0 radical (unpaired) electrons. The number of halogens is 1. The number of methoxy groups -OCH3 is 1. The third-order valence-corrected chi connectivity index (χ3v) is 4.27. The Morgan fingerprint density at radius 3 is 2.62 bits per heavy atom. The molecular weight excluding hydrogens is 316 g/mol. The monoisotopic (exact) mass is 328 g/mol. The molecule has 0 amide bonds. The topological polar surface area (TPSA) is 93.2 Å². The van der Waals surface area contributed by atoms with Crippen LogP contribution in [0.2, 0.25) is 5.15 Å². The normalized spacial score (nSPS) is 11.2. The fourth-order valence-corrected chi connectivity index (χ4v) is 2.51. The summed E-state index contributed by atoms with van der Waals surface area (Å²) in [6.45, 7) is 0. The first-order valence-corrected chi connectivity index (χ1v) is 7.68. The maximum absolute atomic E-state index is 11.8. The number of nitrogens with zero attached hydrogens (tertiary/aromatic N) is 2. The predicted octanol–water partition coefficient (Wildman–Crippen LogP) is 1.79. The van der Waals surface area contributed by atoms with Crippen LogP contribution in [0.25, 0.3) is 0 Å². The Morgan fingerprint density at radius 1 is 1.24 bits per heavy atom. The summed E-state index contributed by atoms with van der Waals surface area (Å²) in [5, 5.41) is 3.22. The van der Waals surface area contributed by atoms with Gasteiger partial charge in [-0.05, 0) is 25.2 Å². The Balaban J connectivity index is 2.43. The van der Waals surface area contributed by atoms with Crippen molar-refractivity contribution in [1.29, 1.82) is 0 Å². The number of hydrogen-bond donors (Lipinski definition) is 2. The molecule has 0 unspecified atom stereocenters. The molecule has 1 aromatic heterocycles. The fraction of sp³-hybridized carbons (Fsp3) is 0.167.